The number of benzene rings is 1. The first-order valence-corrected chi connectivity index (χ1v) is 5.32. The molecule has 0 aromatic heterocycles. The predicted molar refractivity (Wildman–Crippen MR) is 60.9 cm³/mol. The van der Waals surface area contributed by atoms with E-state index >= 15 is 0 Å². The zero-order chi connectivity index (χ0) is 10.6. The summed E-state index contributed by atoms with van der Waals surface area (Å²) in [4.78, 5) is 0. The maximum Gasteiger partial charge on any atom is 0.119 e. The first kappa shape index (κ1) is 11.1. The summed E-state index contributed by atoms with van der Waals surface area (Å²) in [6.07, 6.45) is 0. The van der Waals surface area contributed by atoms with Gasteiger partial charge in [-0.05, 0) is 29.5 Å². The van der Waals surface area contributed by atoms with Crippen LogP contribution in [-0.4, -0.2) is 6.61 Å². The summed E-state index contributed by atoms with van der Waals surface area (Å²) >= 11 is 0. The van der Waals surface area contributed by atoms with E-state index in [-0.39, 0.29) is 0 Å². The van der Waals surface area contributed by atoms with Crippen molar-refractivity contribution in [2.75, 3.05) is 6.61 Å². The molecule has 0 saturated heterocycles. The third-order valence-corrected chi connectivity index (χ3v) is 2.13. The van der Waals surface area contributed by atoms with Gasteiger partial charge in [-0.25, -0.2) is 0 Å². The number of rotatable bonds is 4. The van der Waals surface area contributed by atoms with E-state index in [9.17, 15) is 0 Å². The minimum atomic E-state index is 0.583. The molecule has 0 radical (unpaired) electrons. The molecule has 0 fully saturated rings. The largest absolute Gasteiger partial charge is 0.493 e. The Labute approximate surface area is 87.1 Å². The smallest absolute Gasteiger partial charge is 0.119 e. The lowest BCUT2D eigenvalue weighted by atomic mass is 10.0. The minimum Gasteiger partial charge on any atom is -0.493 e. The van der Waals surface area contributed by atoms with Crippen LogP contribution in [0.4, 0.5) is 0 Å². The van der Waals surface area contributed by atoms with Gasteiger partial charge in [-0.1, -0.05) is 39.8 Å². The van der Waals surface area contributed by atoms with Crippen molar-refractivity contribution in [3.8, 4) is 5.75 Å². The highest BCUT2D eigenvalue weighted by Crippen LogP contribution is 2.18. The SMILES string of the molecule is CC(C)COc1ccc(C(C)C)cc1. The molecule has 0 heterocycles. The van der Waals surface area contributed by atoms with E-state index < -0.39 is 0 Å². The van der Waals surface area contributed by atoms with Crippen molar-refractivity contribution >= 4 is 0 Å². The van der Waals surface area contributed by atoms with E-state index in [0.29, 0.717) is 11.8 Å². The van der Waals surface area contributed by atoms with Gasteiger partial charge in [-0.3, -0.25) is 0 Å². The van der Waals surface area contributed by atoms with Crippen molar-refractivity contribution in [2.45, 2.75) is 33.6 Å². The molecular formula is C13H20O. The van der Waals surface area contributed by atoms with Crippen molar-refractivity contribution < 1.29 is 4.74 Å². The van der Waals surface area contributed by atoms with Gasteiger partial charge < -0.3 is 4.74 Å². The lowest BCUT2D eigenvalue weighted by Crippen LogP contribution is -2.04. The molecule has 0 atom stereocenters. The van der Waals surface area contributed by atoms with Gasteiger partial charge in [0.15, 0.2) is 0 Å². The second-order valence-electron chi connectivity index (χ2n) is 4.43. The molecular weight excluding hydrogens is 172 g/mol. The van der Waals surface area contributed by atoms with Gasteiger partial charge in [-0.2, -0.15) is 0 Å². The van der Waals surface area contributed by atoms with Gasteiger partial charge in [0.05, 0.1) is 6.61 Å². The molecule has 1 rings (SSSR count). The Bertz CT molecular complexity index is 259. The fraction of sp³-hybridized carbons (Fsp3) is 0.538. The molecule has 1 aromatic carbocycles. The Morgan fingerprint density at radius 2 is 1.57 bits per heavy atom. The molecule has 0 amide bonds. The van der Waals surface area contributed by atoms with Crippen LogP contribution in [0.2, 0.25) is 0 Å². The average molecular weight is 192 g/mol. The zero-order valence-corrected chi connectivity index (χ0v) is 9.58. The molecule has 0 spiro atoms. The quantitative estimate of drug-likeness (QED) is 0.704. The zero-order valence-electron chi connectivity index (χ0n) is 9.58. The van der Waals surface area contributed by atoms with Crippen LogP contribution in [0.15, 0.2) is 24.3 Å². The Kier molecular flexibility index (Phi) is 3.99. The molecule has 0 unspecified atom stereocenters. The summed E-state index contributed by atoms with van der Waals surface area (Å²) in [5.74, 6) is 2.15. The van der Waals surface area contributed by atoms with Crippen LogP contribution < -0.4 is 4.74 Å². The van der Waals surface area contributed by atoms with E-state index in [1.165, 1.54) is 5.56 Å². The van der Waals surface area contributed by atoms with E-state index in [4.69, 9.17) is 4.74 Å². The molecule has 1 heteroatoms. The summed E-state index contributed by atoms with van der Waals surface area (Å²) in [5.41, 5.74) is 1.36. The van der Waals surface area contributed by atoms with Gasteiger partial charge in [-0.15, -0.1) is 0 Å². The lowest BCUT2D eigenvalue weighted by Gasteiger charge is -2.10. The normalized spacial score (nSPS) is 11.0. The van der Waals surface area contributed by atoms with Crippen LogP contribution in [0.3, 0.4) is 0 Å². The van der Waals surface area contributed by atoms with Crippen LogP contribution in [0, 0.1) is 5.92 Å². The second kappa shape index (κ2) is 5.04. The highest BCUT2D eigenvalue weighted by molar-refractivity contribution is 5.28. The summed E-state index contributed by atoms with van der Waals surface area (Å²) < 4.78 is 5.60. The molecule has 1 nitrogen and oxygen atoms in total. The second-order valence-corrected chi connectivity index (χ2v) is 4.43. The highest BCUT2D eigenvalue weighted by Gasteiger charge is 2.00. The Hall–Kier alpha value is -0.980. The number of hydrogen-bond donors (Lipinski definition) is 0. The Balaban J connectivity index is 2.55. The number of hydrogen-bond acceptors (Lipinski definition) is 1. The van der Waals surface area contributed by atoms with Crippen molar-refractivity contribution in [2.24, 2.45) is 5.92 Å². The van der Waals surface area contributed by atoms with Gasteiger partial charge in [0.2, 0.25) is 0 Å². The van der Waals surface area contributed by atoms with E-state index in [2.05, 4.69) is 52.0 Å². The predicted octanol–water partition coefficient (Wildman–Crippen LogP) is 3.84. The molecule has 0 aliphatic heterocycles. The van der Waals surface area contributed by atoms with E-state index in [0.717, 1.165) is 12.4 Å². The maximum absolute atomic E-state index is 5.60. The number of ether oxygens (including phenoxy) is 1. The molecule has 14 heavy (non-hydrogen) atoms. The van der Waals surface area contributed by atoms with Gasteiger partial charge in [0, 0.05) is 0 Å². The van der Waals surface area contributed by atoms with Gasteiger partial charge in [0.1, 0.15) is 5.75 Å². The third-order valence-electron chi connectivity index (χ3n) is 2.13. The summed E-state index contributed by atoms with van der Waals surface area (Å²) in [6, 6.07) is 8.38. The summed E-state index contributed by atoms with van der Waals surface area (Å²) in [6.45, 7) is 9.50. The molecule has 0 N–H and O–H groups in total. The monoisotopic (exact) mass is 192 g/mol. The maximum atomic E-state index is 5.60. The fourth-order valence-electron chi connectivity index (χ4n) is 1.21. The van der Waals surface area contributed by atoms with Gasteiger partial charge >= 0.3 is 0 Å². The molecule has 0 aliphatic rings. The third kappa shape index (κ3) is 3.41. The topological polar surface area (TPSA) is 9.23 Å². The van der Waals surface area contributed by atoms with Crippen LogP contribution in [0.25, 0.3) is 0 Å². The Morgan fingerprint density at radius 3 is 2.00 bits per heavy atom. The van der Waals surface area contributed by atoms with Crippen LogP contribution >= 0.6 is 0 Å². The molecule has 0 bridgehead atoms. The van der Waals surface area contributed by atoms with E-state index in [1.807, 2.05) is 0 Å². The van der Waals surface area contributed by atoms with Crippen molar-refractivity contribution in [1.82, 2.24) is 0 Å². The summed E-state index contributed by atoms with van der Waals surface area (Å²) in [5, 5.41) is 0. The van der Waals surface area contributed by atoms with Crippen LogP contribution in [0.1, 0.15) is 39.2 Å². The highest BCUT2D eigenvalue weighted by atomic mass is 16.5. The Morgan fingerprint density at radius 1 is 1.00 bits per heavy atom. The van der Waals surface area contributed by atoms with Crippen molar-refractivity contribution in [1.29, 1.82) is 0 Å². The van der Waals surface area contributed by atoms with Crippen molar-refractivity contribution in [3.63, 3.8) is 0 Å². The first-order chi connectivity index (χ1) is 6.59. The molecule has 1 aromatic rings. The van der Waals surface area contributed by atoms with E-state index in [1.54, 1.807) is 0 Å². The summed E-state index contributed by atoms with van der Waals surface area (Å²) in [7, 11) is 0. The van der Waals surface area contributed by atoms with Crippen LogP contribution in [-0.2, 0) is 0 Å². The van der Waals surface area contributed by atoms with Gasteiger partial charge in [0.25, 0.3) is 0 Å². The fourth-order valence-corrected chi connectivity index (χ4v) is 1.21. The standard InChI is InChI=1S/C13H20O/c1-10(2)9-14-13-7-5-12(6-8-13)11(3)4/h5-8,10-11H,9H2,1-4H3. The lowest BCUT2D eigenvalue weighted by molar-refractivity contribution is 0.271. The van der Waals surface area contributed by atoms with Crippen LogP contribution in [0.5, 0.6) is 5.75 Å². The first-order valence-electron chi connectivity index (χ1n) is 5.32. The van der Waals surface area contributed by atoms with Crippen molar-refractivity contribution in [3.05, 3.63) is 29.8 Å². The minimum absolute atomic E-state index is 0.583. The molecule has 78 valence electrons. The molecule has 0 aliphatic carbocycles. The average Bonchev–Trinajstić information content (AvgIpc) is 2.15. The molecule has 0 saturated carbocycles.